The van der Waals surface area contributed by atoms with E-state index in [4.69, 9.17) is 9.47 Å². The number of halogens is 1. The highest BCUT2D eigenvalue weighted by Gasteiger charge is 2.33. The van der Waals surface area contributed by atoms with Gasteiger partial charge in [-0.15, -0.1) is 0 Å². The Morgan fingerprint density at radius 2 is 1.89 bits per heavy atom. The average Bonchev–Trinajstić information content (AvgIpc) is 2.64. The second-order valence-corrected chi connectivity index (χ2v) is 6.62. The molecule has 1 aromatic carbocycles. The number of alkyl halides is 1. The Hall–Kier alpha value is -2.83. The van der Waals surface area contributed by atoms with Gasteiger partial charge in [0.25, 0.3) is 11.5 Å². The summed E-state index contributed by atoms with van der Waals surface area (Å²) in [6, 6.07) is 7.34. The van der Waals surface area contributed by atoms with Crippen LogP contribution < -0.4 is 15.0 Å². The number of carbonyl (C=O) groups excluding carboxylic acids is 1. The van der Waals surface area contributed by atoms with E-state index in [1.54, 1.807) is 33.4 Å². The van der Waals surface area contributed by atoms with E-state index in [9.17, 15) is 14.0 Å². The first-order chi connectivity index (χ1) is 12.9. The molecule has 6 nitrogen and oxygen atoms in total. The van der Waals surface area contributed by atoms with Crippen LogP contribution in [0.1, 0.15) is 21.5 Å². The molecule has 1 aliphatic heterocycles. The monoisotopic (exact) mass is 374 g/mol. The van der Waals surface area contributed by atoms with Crippen LogP contribution in [-0.4, -0.2) is 48.9 Å². The van der Waals surface area contributed by atoms with E-state index in [1.165, 1.54) is 9.47 Å². The largest absolute Gasteiger partial charge is 0.493 e. The maximum absolute atomic E-state index is 13.1. The van der Waals surface area contributed by atoms with Gasteiger partial charge < -0.3 is 18.9 Å². The van der Waals surface area contributed by atoms with Crippen LogP contribution in [0.3, 0.4) is 0 Å². The van der Waals surface area contributed by atoms with E-state index < -0.39 is 12.1 Å². The fraction of sp³-hybridized carbons (Fsp3) is 0.400. The molecule has 0 radical (unpaired) electrons. The zero-order valence-corrected chi connectivity index (χ0v) is 15.7. The Bertz CT molecular complexity index is 903. The lowest BCUT2D eigenvalue weighted by Crippen LogP contribution is -2.53. The summed E-state index contributed by atoms with van der Waals surface area (Å²) in [5, 5.41) is 0. The van der Waals surface area contributed by atoms with E-state index in [0.717, 1.165) is 5.56 Å². The molecule has 27 heavy (non-hydrogen) atoms. The first kappa shape index (κ1) is 18.9. The summed E-state index contributed by atoms with van der Waals surface area (Å²) in [5.74, 6) is 0.870. The fourth-order valence-corrected chi connectivity index (χ4v) is 3.14. The molecule has 0 unspecified atom stereocenters. The molecule has 2 heterocycles. The van der Waals surface area contributed by atoms with E-state index in [1.807, 2.05) is 18.2 Å². The number of aryl methyl sites for hydroxylation is 3. The van der Waals surface area contributed by atoms with E-state index in [-0.39, 0.29) is 24.2 Å². The van der Waals surface area contributed by atoms with Crippen molar-refractivity contribution in [2.24, 2.45) is 0 Å². The number of methoxy groups -OCH3 is 2. The first-order valence-corrected chi connectivity index (χ1v) is 8.79. The van der Waals surface area contributed by atoms with E-state index >= 15 is 0 Å². The Morgan fingerprint density at radius 3 is 2.52 bits per heavy atom. The number of rotatable bonds is 6. The molecule has 7 heteroatoms. The van der Waals surface area contributed by atoms with E-state index in [0.29, 0.717) is 30.0 Å². The summed E-state index contributed by atoms with van der Waals surface area (Å²) < 4.78 is 25.1. The zero-order chi connectivity index (χ0) is 19.6. The lowest BCUT2D eigenvalue weighted by molar-refractivity contribution is 0.0397. The van der Waals surface area contributed by atoms with Gasteiger partial charge in [-0.05, 0) is 42.7 Å². The summed E-state index contributed by atoms with van der Waals surface area (Å²) in [4.78, 5) is 26.7. The molecule has 1 aromatic heterocycles. The van der Waals surface area contributed by atoms with Gasteiger partial charge in [0, 0.05) is 12.7 Å². The van der Waals surface area contributed by atoms with Crippen LogP contribution in [0.25, 0.3) is 0 Å². The van der Waals surface area contributed by atoms with Crippen LogP contribution in [0.2, 0.25) is 0 Å². The number of benzene rings is 1. The molecule has 1 saturated heterocycles. The van der Waals surface area contributed by atoms with Gasteiger partial charge in [0.1, 0.15) is 11.7 Å². The fourth-order valence-electron chi connectivity index (χ4n) is 3.14. The third-order valence-corrected chi connectivity index (χ3v) is 4.80. The number of hydrogen-bond acceptors (Lipinski definition) is 4. The Balaban J connectivity index is 1.79. The molecular formula is C20H23FN2O4. The lowest BCUT2D eigenvalue weighted by atomic mass is 10.1. The molecule has 1 aliphatic rings. The summed E-state index contributed by atoms with van der Waals surface area (Å²) in [7, 11) is 3.15. The van der Waals surface area contributed by atoms with Crippen LogP contribution in [0.4, 0.5) is 4.39 Å². The summed E-state index contributed by atoms with van der Waals surface area (Å²) in [5.41, 5.74) is 1.37. The highest BCUT2D eigenvalue weighted by Crippen LogP contribution is 2.27. The predicted molar refractivity (Wildman–Crippen MR) is 99.5 cm³/mol. The van der Waals surface area contributed by atoms with Crippen LogP contribution in [0, 0.1) is 6.92 Å². The van der Waals surface area contributed by atoms with Gasteiger partial charge >= 0.3 is 0 Å². The average molecular weight is 374 g/mol. The second kappa shape index (κ2) is 7.82. The molecule has 0 bridgehead atoms. The van der Waals surface area contributed by atoms with Crippen molar-refractivity contribution in [1.82, 2.24) is 9.47 Å². The summed E-state index contributed by atoms with van der Waals surface area (Å²) >= 11 is 0. The van der Waals surface area contributed by atoms with Gasteiger partial charge in [0.15, 0.2) is 11.5 Å². The second-order valence-electron chi connectivity index (χ2n) is 6.62. The zero-order valence-electron chi connectivity index (χ0n) is 15.7. The number of aromatic nitrogens is 1. The smallest absolute Gasteiger partial charge is 0.263 e. The predicted octanol–water partition coefficient (Wildman–Crippen LogP) is 2.21. The molecule has 0 aliphatic carbocycles. The minimum atomic E-state index is -0.995. The highest BCUT2D eigenvalue weighted by molar-refractivity contribution is 5.95. The molecule has 0 saturated carbocycles. The van der Waals surface area contributed by atoms with Crippen molar-refractivity contribution in [2.45, 2.75) is 26.1 Å². The van der Waals surface area contributed by atoms with Crippen LogP contribution in [0.5, 0.6) is 11.5 Å². The number of pyridine rings is 1. The Morgan fingerprint density at radius 1 is 1.19 bits per heavy atom. The molecule has 144 valence electrons. The molecular weight excluding hydrogens is 351 g/mol. The topological polar surface area (TPSA) is 60.8 Å². The normalized spacial score (nSPS) is 14.0. The van der Waals surface area contributed by atoms with Gasteiger partial charge in [-0.2, -0.15) is 0 Å². The molecule has 3 rings (SSSR count). The molecule has 1 fully saturated rings. The maximum Gasteiger partial charge on any atom is 0.263 e. The Kier molecular flexibility index (Phi) is 5.48. The van der Waals surface area contributed by atoms with Gasteiger partial charge in [-0.25, -0.2) is 4.39 Å². The van der Waals surface area contributed by atoms with Gasteiger partial charge in [0.2, 0.25) is 0 Å². The van der Waals surface area contributed by atoms with Crippen molar-refractivity contribution >= 4 is 5.91 Å². The SMILES string of the molecule is COc1ccc(CCn2ccc(C)c(C(=O)N3CC(F)C3)c2=O)cc1OC. The first-order valence-electron chi connectivity index (χ1n) is 8.79. The number of likely N-dealkylation sites (tertiary alicyclic amines) is 1. The maximum atomic E-state index is 13.1. The van der Waals surface area contributed by atoms with Crippen LogP contribution in [0.15, 0.2) is 35.3 Å². The quantitative estimate of drug-likeness (QED) is 0.778. The van der Waals surface area contributed by atoms with Crippen molar-refractivity contribution in [3.63, 3.8) is 0 Å². The highest BCUT2D eigenvalue weighted by atomic mass is 19.1. The summed E-state index contributed by atoms with van der Waals surface area (Å²) in [6.07, 6.45) is 1.28. The molecule has 2 aromatic rings. The third-order valence-electron chi connectivity index (χ3n) is 4.80. The summed E-state index contributed by atoms with van der Waals surface area (Å²) in [6.45, 7) is 2.25. The third kappa shape index (κ3) is 3.82. The Labute approximate surface area is 157 Å². The van der Waals surface area contributed by atoms with E-state index in [2.05, 4.69) is 0 Å². The number of nitrogens with zero attached hydrogens (tertiary/aromatic N) is 2. The number of ether oxygens (including phenoxy) is 2. The minimum absolute atomic E-state index is 0.0538. The van der Waals surface area contributed by atoms with Crippen LogP contribution >= 0.6 is 0 Å². The van der Waals surface area contributed by atoms with Crippen molar-refractivity contribution < 1.29 is 18.7 Å². The number of hydrogen-bond donors (Lipinski definition) is 0. The molecule has 1 amide bonds. The molecule has 0 atom stereocenters. The molecule has 0 spiro atoms. The van der Waals surface area contributed by atoms with Crippen molar-refractivity contribution in [3.8, 4) is 11.5 Å². The van der Waals surface area contributed by atoms with Gasteiger partial charge in [-0.1, -0.05) is 6.07 Å². The molecule has 0 N–H and O–H groups in total. The minimum Gasteiger partial charge on any atom is -0.493 e. The standard InChI is InChI=1S/C20H23FN2O4/c1-13-6-8-22(19(24)18(13)20(25)23-11-15(21)12-23)9-7-14-4-5-16(26-2)17(10-14)27-3/h4-6,8,10,15H,7,9,11-12H2,1-3H3. The van der Waals surface area contributed by atoms with Crippen molar-refractivity contribution in [1.29, 1.82) is 0 Å². The van der Waals surface area contributed by atoms with Gasteiger partial charge in [-0.3, -0.25) is 9.59 Å². The van der Waals surface area contributed by atoms with Crippen molar-refractivity contribution in [3.05, 3.63) is 57.5 Å². The lowest BCUT2D eigenvalue weighted by Gasteiger charge is -2.34. The van der Waals surface area contributed by atoms with Crippen molar-refractivity contribution in [2.75, 3.05) is 27.3 Å². The van der Waals surface area contributed by atoms with Crippen LogP contribution in [-0.2, 0) is 13.0 Å². The number of amides is 1. The number of carbonyl (C=O) groups is 1. The van der Waals surface area contributed by atoms with Gasteiger partial charge in [0.05, 0.1) is 27.3 Å².